The molecule has 1 rings (SSSR count). The number of rotatable bonds is 6. The van der Waals surface area contributed by atoms with Gasteiger partial charge in [0.25, 0.3) is 5.91 Å². The minimum atomic E-state index is -0.426. The zero-order chi connectivity index (χ0) is 14.5. The van der Waals surface area contributed by atoms with Gasteiger partial charge < -0.3 is 20.5 Å². The van der Waals surface area contributed by atoms with Crippen molar-refractivity contribution in [3.8, 4) is 5.75 Å². The van der Waals surface area contributed by atoms with Crippen LogP contribution < -0.4 is 15.8 Å². The fraction of sp³-hybridized carbons (Fsp3) is 0.500. The van der Waals surface area contributed by atoms with Crippen molar-refractivity contribution in [2.24, 2.45) is 0 Å². The zero-order valence-corrected chi connectivity index (χ0v) is 11.9. The number of carbonyl (C=O) groups is 1. The molecule has 1 amide bonds. The molecule has 5 nitrogen and oxygen atoms in total. The molecule has 0 unspecified atom stereocenters. The van der Waals surface area contributed by atoms with E-state index in [1.54, 1.807) is 25.3 Å². The Bertz CT molecular complexity index is 444. The summed E-state index contributed by atoms with van der Waals surface area (Å²) >= 11 is 0. The number of methoxy groups -OCH3 is 1. The first-order chi connectivity index (χ1) is 8.91. The van der Waals surface area contributed by atoms with Crippen molar-refractivity contribution in [3.05, 3.63) is 23.8 Å². The SMILES string of the molecule is CCOc1cccc(N)c1C(=O)NCC(C)(C)OC. The lowest BCUT2D eigenvalue weighted by molar-refractivity contribution is 0.0228. The number of ether oxygens (including phenoxy) is 2. The van der Waals surface area contributed by atoms with Crippen molar-refractivity contribution >= 4 is 11.6 Å². The number of amides is 1. The fourth-order valence-corrected chi connectivity index (χ4v) is 1.52. The van der Waals surface area contributed by atoms with Gasteiger partial charge >= 0.3 is 0 Å². The van der Waals surface area contributed by atoms with Gasteiger partial charge in [-0.25, -0.2) is 0 Å². The number of benzene rings is 1. The number of nitrogen functional groups attached to an aromatic ring is 1. The molecule has 0 bridgehead atoms. The quantitative estimate of drug-likeness (QED) is 0.770. The number of hydrogen-bond donors (Lipinski definition) is 2. The van der Waals surface area contributed by atoms with Crippen LogP contribution in [0.15, 0.2) is 18.2 Å². The number of nitrogens with two attached hydrogens (primary N) is 1. The monoisotopic (exact) mass is 266 g/mol. The van der Waals surface area contributed by atoms with Crippen molar-refractivity contribution in [3.63, 3.8) is 0 Å². The van der Waals surface area contributed by atoms with Crippen LogP contribution in [0.5, 0.6) is 5.75 Å². The normalized spacial score (nSPS) is 11.2. The summed E-state index contributed by atoms with van der Waals surface area (Å²) in [5.41, 5.74) is 6.20. The third kappa shape index (κ3) is 4.13. The summed E-state index contributed by atoms with van der Waals surface area (Å²) in [6.45, 7) is 6.52. The van der Waals surface area contributed by atoms with Crippen molar-refractivity contribution < 1.29 is 14.3 Å². The molecule has 0 aliphatic heterocycles. The molecule has 0 heterocycles. The van der Waals surface area contributed by atoms with Crippen LogP contribution in [0.25, 0.3) is 0 Å². The molecule has 3 N–H and O–H groups in total. The molecule has 106 valence electrons. The topological polar surface area (TPSA) is 73.6 Å². The predicted octanol–water partition coefficient (Wildman–Crippen LogP) is 1.82. The molecule has 5 heteroatoms. The van der Waals surface area contributed by atoms with E-state index in [2.05, 4.69) is 5.32 Å². The summed E-state index contributed by atoms with van der Waals surface area (Å²) in [6, 6.07) is 5.17. The Morgan fingerprint density at radius 1 is 1.42 bits per heavy atom. The van der Waals surface area contributed by atoms with Gasteiger partial charge in [0, 0.05) is 19.3 Å². The Hall–Kier alpha value is -1.75. The van der Waals surface area contributed by atoms with E-state index in [0.717, 1.165) is 0 Å². The minimum absolute atomic E-state index is 0.258. The van der Waals surface area contributed by atoms with Gasteiger partial charge in [-0.2, -0.15) is 0 Å². The van der Waals surface area contributed by atoms with Crippen LogP contribution in [0.4, 0.5) is 5.69 Å². The largest absolute Gasteiger partial charge is 0.493 e. The zero-order valence-electron chi connectivity index (χ0n) is 11.9. The van der Waals surface area contributed by atoms with Gasteiger partial charge in [0.2, 0.25) is 0 Å². The summed E-state index contributed by atoms with van der Waals surface area (Å²) in [5.74, 6) is 0.238. The van der Waals surface area contributed by atoms with Crippen LogP contribution in [-0.2, 0) is 4.74 Å². The molecule has 1 aromatic carbocycles. The lowest BCUT2D eigenvalue weighted by atomic mass is 10.1. The average molecular weight is 266 g/mol. The molecule has 19 heavy (non-hydrogen) atoms. The first kappa shape index (κ1) is 15.3. The van der Waals surface area contributed by atoms with E-state index in [1.165, 1.54) is 0 Å². The maximum Gasteiger partial charge on any atom is 0.257 e. The Morgan fingerprint density at radius 2 is 2.11 bits per heavy atom. The van der Waals surface area contributed by atoms with Crippen LogP contribution in [0.1, 0.15) is 31.1 Å². The summed E-state index contributed by atoms with van der Waals surface area (Å²) in [6.07, 6.45) is 0. The third-order valence-electron chi connectivity index (χ3n) is 2.81. The van der Waals surface area contributed by atoms with E-state index < -0.39 is 5.60 Å². The molecule has 0 saturated carbocycles. The van der Waals surface area contributed by atoms with E-state index >= 15 is 0 Å². The highest BCUT2D eigenvalue weighted by atomic mass is 16.5. The first-order valence-electron chi connectivity index (χ1n) is 6.26. The molecule has 0 radical (unpaired) electrons. The highest BCUT2D eigenvalue weighted by Crippen LogP contribution is 2.24. The lowest BCUT2D eigenvalue weighted by Crippen LogP contribution is -2.40. The molecule has 1 aromatic rings. The lowest BCUT2D eigenvalue weighted by Gasteiger charge is -2.23. The minimum Gasteiger partial charge on any atom is -0.493 e. The predicted molar refractivity (Wildman–Crippen MR) is 75.4 cm³/mol. The summed E-state index contributed by atoms with van der Waals surface area (Å²) < 4.78 is 10.7. The van der Waals surface area contributed by atoms with Gasteiger partial charge in [-0.1, -0.05) is 6.07 Å². The summed E-state index contributed by atoms with van der Waals surface area (Å²) in [5, 5.41) is 2.81. The number of carbonyl (C=O) groups excluding carboxylic acids is 1. The van der Waals surface area contributed by atoms with Gasteiger partial charge in [-0.15, -0.1) is 0 Å². The molecule has 0 aliphatic carbocycles. The second-order valence-corrected chi connectivity index (χ2v) is 4.80. The number of nitrogens with one attached hydrogen (secondary N) is 1. The maximum absolute atomic E-state index is 12.2. The highest BCUT2D eigenvalue weighted by molar-refractivity contribution is 6.01. The van der Waals surface area contributed by atoms with Crippen molar-refractivity contribution in [1.29, 1.82) is 0 Å². The van der Waals surface area contributed by atoms with Gasteiger partial charge in [0.15, 0.2) is 0 Å². The number of hydrogen-bond acceptors (Lipinski definition) is 4. The van der Waals surface area contributed by atoms with Gasteiger partial charge in [0.05, 0.1) is 12.2 Å². The van der Waals surface area contributed by atoms with E-state index in [9.17, 15) is 4.79 Å². The molecule has 0 spiro atoms. The average Bonchev–Trinajstić information content (AvgIpc) is 2.37. The summed E-state index contributed by atoms with van der Waals surface area (Å²) in [4.78, 5) is 12.2. The highest BCUT2D eigenvalue weighted by Gasteiger charge is 2.21. The molecule has 0 aromatic heterocycles. The van der Waals surface area contributed by atoms with E-state index in [4.69, 9.17) is 15.2 Å². The Kier molecular flexibility index (Phi) is 5.18. The first-order valence-corrected chi connectivity index (χ1v) is 6.26. The van der Waals surface area contributed by atoms with Gasteiger partial charge in [0.1, 0.15) is 11.3 Å². The Balaban J connectivity index is 2.87. The van der Waals surface area contributed by atoms with E-state index in [-0.39, 0.29) is 5.91 Å². The van der Waals surface area contributed by atoms with E-state index in [0.29, 0.717) is 30.2 Å². The molecule has 0 aliphatic rings. The van der Waals surface area contributed by atoms with Gasteiger partial charge in [-0.05, 0) is 32.9 Å². The van der Waals surface area contributed by atoms with Crippen LogP contribution >= 0.6 is 0 Å². The molecular formula is C14H22N2O3. The van der Waals surface area contributed by atoms with Crippen molar-refractivity contribution in [1.82, 2.24) is 5.32 Å². The van der Waals surface area contributed by atoms with Crippen LogP contribution in [-0.4, -0.2) is 31.8 Å². The molecule has 0 atom stereocenters. The van der Waals surface area contributed by atoms with Crippen LogP contribution in [0.3, 0.4) is 0 Å². The molecule has 0 fully saturated rings. The van der Waals surface area contributed by atoms with E-state index in [1.807, 2.05) is 20.8 Å². The molecule has 0 saturated heterocycles. The second kappa shape index (κ2) is 6.43. The van der Waals surface area contributed by atoms with Crippen LogP contribution in [0.2, 0.25) is 0 Å². The van der Waals surface area contributed by atoms with Crippen molar-refractivity contribution in [2.45, 2.75) is 26.4 Å². The Labute approximate surface area is 114 Å². The maximum atomic E-state index is 12.2. The number of anilines is 1. The van der Waals surface area contributed by atoms with Gasteiger partial charge in [-0.3, -0.25) is 4.79 Å². The smallest absolute Gasteiger partial charge is 0.257 e. The van der Waals surface area contributed by atoms with Crippen molar-refractivity contribution in [2.75, 3.05) is 26.0 Å². The third-order valence-corrected chi connectivity index (χ3v) is 2.81. The molecular weight excluding hydrogens is 244 g/mol. The fourth-order valence-electron chi connectivity index (χ4n) is 1.52. The second-order valence-electron chi connectivity index (χ2n) is 4.80. The standard InChI is InChI=1S/C14H22N2O3/c1-5-19-11-8-6-7-10(15)12(11)13(17)16-9-14(2,3)18-4/h6-8H,5,9,15H2,1-4H3,(H,16,17). The summed E-state index contributed by atoms with van der Waals surface area (Å²) in [7, 11) is 1.61. The Morgan fingerprint density at radius 3 is 2.68 bits per heavy atom. The van der Waals surface area contributed by atoms with Crippen LogP contribution in [0, 0.1) is 0 Å².